The normalized spacial score (nSPS) is 10.4. The molecule has 0 atom stereocenters. The van der Waals surface area contributed by atoms with Crippen molar-refractivity contribution in [2.24, 2.45) is 0 Å². The van der Waals surface area contributed by atoms with Gasteiger partial charge in [-0.05, 0) is 25.1 Å². The summed E-state index contributed by atoms with van der Waals surface area (Å²) in [6.45, 7) is 1.50. The summed E-state index contributed by atoms with van der Waals surface area (Å²) in [6, 6.07) is 7.08. The molecular formula is C14H9Cl3N2O3. The van der Waals surface area contributed by atoms with E-state index in [1.165, 1.54) is 37.3 Å². The number of amides is 1. The summed E-state index contributed by atoms with van der Waals surface area (Å²) >= 11 is 17.7. The Morgan fingerprint density at radius 1 is 1.14 bits per heavy atom. The Morgan fingerprint density at radius 3 is 2.41 bits per heavy atom. The first-order chi connectivity index (χ1) is 10.3. The molecule has 0 unspecified atom stereocenters. The topological polar surface area (TPSA) is 72.2 Å². The minimum absolute atomic E-state index is 0.132. The Bertz CT molecular complexity index is 778. The Balaban J connectivity index is 2.36. The van der Waals surface area contributed by atoms with Gasteiger partial charge in [0.1, 0.15) is 0 Å². The molecule has 2 aromatic carbocycles. The summed E-state index contributed by atoms with van der Waals surface area (Å²) in [5, 5.41) is 14.2. The van der Waals surface area contributed by atoms with Gasteiger partial charge in [0.15, 0.2) is 0 Å². The fourth-order valence-electron chi connectivity index (χ4n) is 1.88. The number of rotatable bonds is 3. The van der Waals surface area contributed by atoms with Crippen molar-refractivity contribution in [2.75, 3.05) is 5.32 Å². The molecule has 22 heavy (non-hydrogen) atoms. The summed E-state index contributed by atoms with van der Waals surface area (Å²) in [4.78, 5) is 22.7. The van der Waals surface area contributed by atoms with Crippen LogP contribution in [0.1, 0.15) is 15.9 Å². The number of hydrogen-bond donors (Lipinski definition) is 1. The molecule has 1 amide bonds. The Kier molecular flexibility index (Phi) is 4.90. The molecule has 5 nitrogen and oxygen atoms in total. The maximum absolute atomic E-state index is 12.3. The van der Waals surface area contributed by atoms with Gasteiger partial charge in [-0.2, -0.15) is 0 Å². The van der Waals surface area contributed by atoms with Crippen LogP contribution < -0.4 is 5.32 Å². The summed E-state index contributed by atoms with van der Waals surface area (Å²) in [6.07, 6.45) is 0. The fraction of sp³-hybridized carbons (Fsp3) is 0.0714. The lowest BCUT2D eigenvalue weighted by Gasteiger charge is -2.10. The largest absolute Gasteiger partial charge is 0.321 e. The summed E-state index contributed by atoms with van der Waals surface area (Å²) in [7, 11) is 0. The number of nitro benzene ring substituents is 1. The lowest BCUT2D eigenvalue weighted by Crippen LogP contribution is -2.14. The second-order valence-corrected chi connectivity index (χ2v) is 5.63. The lowest BCUT2D eigenvalue weighted by atomic mass is 10.1. The maximum atomic E-state index is 12.3. The third-order valence-corrected chi connectivity index (χ3v) is 4.04. The van der Waals surface area contributed by atoms with Gasteiger partial charge in [-0.3, -0.25) is 14.9 Å². The van der Waals surface area contributed by atoms with E-state index in [1.54, 1.807) is 0 Å². The second kappa shape index (κ2) is 6.52. The summed E-state index contributed by atoms with van der Waals surface area (Å²) < 4.78 is 0. The number of nitrogens with zero attached hydrogens (tertiary/aromatic N) is 1. The molecule has 8 heteroatoms. The van der Waals surface area contributed by atoms with Gasteiger partial charge in [0.25, 0.3) is 11.6 Å². The lowest BCUT2D eigenvalue weighted by molar-refractivity contribution is -0.385. The first-order valence-electron chi connectivity index (χ1n) is 6.01. The van der Waals surface area contributed by atoms with E-state index >= 15 is 0 Å². The minimum atomic E-state index is -0.543. The molecule has 0 fully saturated rings. The maximum Gasteiger partial charge on any atom is 0.273 e. The third-order valence-electron chi connectivity index (χ3n) is 3.00. The van der Waals surface area contributed by atoms with Crippen LogP contribution in [0, 0.1) is 17.0 Å². The molecule has 0 bridgehead atoms. The Morgan fingerprint density at radius 2 is 1.77 bits per heavy atom. The zero-order chi connectivity index (χ0) is 16.4. The molecule has 0 saturated carbocycles. The third kappa shape index (κ3) is 3.32. The highest BCUT2D eigenvalue weighted by molar-refractivity contribution is 6.44. The number of anilines is 1. The molecule has 0 spiro atoms. The Labute approximate surface area is 140 Å². The van der Waals surface area contributed by atoms with Crippen LogP contribution in [-0.4, -0.2) is 10.8 Å². The van der Waals surface area contributed by atoms with E-state index in [-0.39, 0.29) is 37.6 Å². The van der Waals surface area contributed by atoms with Crippen molar-refractivity contribution >= 4 is 52.1 Å². The van der Waals surface area contributed by atoms with Crippen LogP contribution in [0.4, 0.5) is 11.4 Å². The van der Waals surface area contributed by atoms with Gasteiger partial charge in [0.2, 0.25) is 0 Å². The van der Waals surface area contributed by atoms with Crippen LogP contribution in [-0.2, 0) is 0 Å². The predicted molar refractivity (Wildman–Crippen MR) is 87.3 cm³/mol. The number of carbonyl (C=O) groups excluding carboxylic acids is 1. The first kappa shape index (κ1) is 16.5. The fourth-order valence-corrected chi connectivity index (χ4v) is 2.47. The average molecular weight is 360 g/mol. The van der Waals surface area contributed by atoms with Crippen molar-refractivity contribution in [3.05, 3.63) is 66.6 Å². The Hall–Kier alpha value is -1.82. The van der Waals surface area contributed by atoms with Crippen LogP contribution >= 0.6 is 34.8 Å². The zero-order valence-electron chi connectivity index (χ0n) is 11.2. The van der Waals surface area contributed by atoms with E-state index in [0.717, 1.165) is 0 Å². The van der Waals surface area contributed by atoms with E-state index in [1.807, 2.05) is 0 Å². The van der Waals surface area contributed by atoms with Crippen molar-refractivity contribution in [1.82, 2.24) is 0 Å². The van der Waals surface area contributed by atoms with Gasteiger partial charge >= 0.3 is 0 Å². The minimum Gasteiger partial charge on any atom is -0.321 e. The SMILES string of the molecule is Cc1c(C(=O)Nc2cc(Cl)c(Cl)cc2Cl)cccc1[N+](=O)[O-]. The van der Waals surface area contributed by atoms with Crippen molar-refractivity contribution in [3.63, 3.8) is 0 Å². The van der Waals surface area contributed by atoms with Crippen molar-refractivity contribution in [1.29, 1.82) is 0 Å². The molecule has 0 aromatic heterocycles. The van der Waals surface area contributed by atoms with Crippen molar-refractivity contribution in [3.8, 4) is 0 Å². The molecule has 0 aliphatic rings. The zero-order valence-corrected chi connectivity index (χ0v) is 13.5. The van der Waals surface area contributed by atoms with Gasteiger partial charge in [-0.25, -0.2) is 0 Å². The molecule has 2 rings (SSSR count). The van der Waals surface area contributed by atoms with E-state index in [9.17, 15) is 14.9 Å². The molecule has 1 N–H and O–H groups in total. The summed E-state index contributed by atoms with van der Waals surface area (Å²) in [5.41, 5.74) is 0.581. The van der Waals surface area contributed by atoms with Gasteiger partial charge in [0.05, 0.1) is 25.7 Å². The molecule has 2 aromatic rings. The molecule has 0 aliphatic carbocycles. The van der Waals surface area contributed by atoms with Gasteiger partial charge in [0, 0.05) is 17.2 Å². The predicted octanol–water partition coefficient (Wildman–Crippen LogP) is 5.12. The van der Waals surface area contributed by atoms with Gasteiger partial charge in [-0.1, -0.05) is 40.9 Å². The number of nitrogens with one attached hydrogen (secondary N) is 1. The number of halogens is 3. The number of nitro groups is 1. The molecule has 0 radical (unpaired) electrons. The number of carbonyl (C=O) groups is 1. The molecule has 114 valence electrons. The average Bonchev–Trinajstić information content (AvgIpc) is 2.44. The van der Waals surface area contributed by atoms with Crippen LogP contribution in [0.2, 0.25) is 15.1 Å². The monoisotopic (exact) mass is 358 g/mol. The summed E-state index contributed by atoms with van der Waals surface area (Å²) in [5.74, 6) is -0.526. The highest BCUT2D eigenvalue weighted by Crippen LogP contribution is 2.32. The van der Waals surface area contributed by atoms with Gasteiger partial charge < -0.3 is 5.32 Å². The van der Waals surface area contributed by atoms with E-state index in [0.29, 0.717) is 0 Å². The number of hydrogen-bond acceptors (Lipinski definition) is 3. The quantitative estimate of drug-likeness (QED) is 0.470. The van der Waals surface area contributed by atoms with Crippen LogP contribution in [0.3, 0.4) is 0 Å². The van der Waals surface area contributed by atoms with Crippen molar-refractivity contribution in [2.45, 2.75) is 6.92 Å². The van der Waals surface area contributed by atoms with E-state index in [4.69, 9.17) is 34.8 Å². The molecular weight excluding hydrogens is 351 g/mol. The molecule has 0 aliphatic heterocycles. The first-order valence-corrected chi connectivity index (χ1v) is 7.14. The van der Waals surface area contributed by atoms with E-state index < -0.39 is 10.8 Å². The standard InChI is InChI=1S/C14H9Cl3N2O3/c1-7-8(3-2-4-13(7)19(21)22)14(20)18-12-6-10(16)9(15)5-11(12)17/h2-6H,1H3,(H,18,20). The molecule has 0 heterocycles. The highest BCUT2D eigenvalue weighted by atomic mass is 35.5. The van der Waals surface area contributed by atoms with E-state index in [2.05, 4.69) is 5.32 Å². The van der Waals surface area contributed by atoms with Crippen molar-refractivity contribution < 1.29 is 9.72 Å². The smallest absolute Gasteiger partial charge is 0.273 e. The van der Waals surface area contributed by atoms with Crippen LogP contribution in [0.25, 0.3) is 0 Å². The highest BCUT2D eigenvalue weighted by Gasteiger charge is 2.19. The number of benzene rings is 2. The van der Waals surface area contributed by atoms with Crippen LogP contribution in [0.5, 0.6) is 0 Å². The molecule has 0 saturated heterocycles. The van der Waals surface area contributed by atoms with Crippen LogP contribution in [0.15, 0.2) is 30.3 Å². The second-order valence-electron chi connectivity index (χ2n) is 4.41. The van der Waals surface area contributed by atoms with Gasteiger partial charge in [-0.15, -0.1) is 0 Å².